The lowest BCUT2D eigenvalue weighted by Gasteiger charge is -2.04. The molecule has 7 heteroatoms. The molecule has 1 aliphatic carbocycles. The molecule has 1 saturated carbocycles. The number of para-hydroxylation sites is 2. The van der Waals surface area contributed by atoms with Crippen LogP contribution < -0.4 is 5.32 Å². The van der Waals surface area contributed by atoms with E-state index in [0.717, 1.165) is 16.9 Å². The van der Waals surface area contributed by atoms with Crippen LogP contribution in [0.1, 0.15) is 12.2 Å². The fraction of sp³-hybridized carbons (Fsp3) is 0.385. The Hall–Kier alpha value is -2.44. The minimum absolute atomic E-state index is 0.265. The average molecular weight is 274 g/mol. The molecule has 1 heterocycles. The Bertz CT molecular complexity index is 694. The van der Waals surface area contributed by atoms with Crippen LogP contribution in [0.2, 0.25) is 0 Å². The number of benzene rings is 1. The number of hydrogen-bond donors (Lipinski definition) is 1. The van der Waals surface area contributed by atoms with E-state index in [4.69, 9.17) is 0 Å². The fourth-order valence-corrected chi connectivity index (χ4v) is 2.35. The van der Waals surface area contributed by atoms with Gasteiger partial charge in [0.05, 0.1) is 17.6 Å². The van der Waals surface area contributed by atoms with Crippen LogP contribution in [0.5, 0.6) is 0 Å². The Labute approximate surface area is 114 Å². The largest absolute Gasteiger partial charge is 0.348 e. The van der Waals surface area contributed by atoms with Crippen LogP contribution in [-0.4, -0.2) is 26.4 Å². The van der Waals surface area contributed by atoms with Crippen molar-refractivity contribution in [3.05, 3.63) is 40.2 Å². The topological polar surface area (TPSA) is 90.1 Å². The number of nitro groups is 1. The first-order valence-corrected chi connectivity index (χ1v) is 6.39. The predicted molar refractivity (Wildman–Crippen MR) is 71.5 cm³/mol. The summed E-state index contributed by atoms with van der Waals surface area (Å²) in [5, 5.41) is 13.3. The number of carbonyl (C=O) groups is 1. The maximum absolute atomic E-state index is 11.8. The van der Waals surface area contributed by atoms with Crippen molar-refractivity contribution in [1.29, 1.82) is 0 Å². The van der Waals surface area contributed by atoms with Crippen LogP contribution in [0.15, 0.2) is 24.3 Å². The van der Waals surface area contributed by atoms with E-state index in [0.29, 0.717) is 6.42 Å². The number of nitrogens with one attached hydrogen (secondary N) is 1. The second-order valence-electron chi connectivity index (χ2n) is 4.99. The number of aromatic nitrogens is 2. The Morgan fingerprint density at radius 2 is 2.30 bits per heavy atom. The highest BCUT2D eigenvalue weighted by Crippen LogP contribution is 2.33. The maximum atomic E-state index is 11.8. The third-order valence-electron chi connectivity index (χ3n) is 3.66. The van der Waals surface area contributed by atoms with Gasteiger partial charge >= 0.3 is 0 Å². The summed E-state index contributed by atoms with van der Waals surface area (Å²) in [6.45, 7) is 0.283. The zero-order chi connectivity index (χ0) is 14.3. The molecule has 1 fully saturated rings. The first-order valence-electron chi connectivity index (χ1n) is 6.39. The minimum atomic E-state index is -0.713. The van der Waals surface area contributed by atoms with Crippen LogP contribution >= 0.6 is 0 Å². The molecule has 0 radical (unpaired) electrons. The summed E-state index contributed by atoms with van der Waals surface area (Å²) in [6.07, 6.45) is 0.335. The standard InChI is InChI=1S/C13H14N4O3/c1-16-10-5-3-2-4-9(10)15-12(16)7-14-13(18)8-6-11(8)17(19)20/h2-5,8,11H,6-7H2,1H3,(H,14,18)/t8-,11-/m1/s1. The van der Waals surface area contributed by atoms with Gasteiger partial charge in [0.25, 0.3) is 0 Å². The van der Waals surface area contributed by atoms with Gasteiger partial charge in [-0.05, 0) is 12.1 Å². The molecule has 0 saturated heterocycles. The fourth-order valence-electron chi connectivity index (χ4n) is 2.35. The van der Waals surface area contributed by atoms with Gasteiger partial charge in [0.2, 0.25) is 11.9 Å². The van der Waals surface area contributed by atoms with Gasteiger partial charge in [-0.3, -0.25) is 14.9 Å². The van der Waals surface area contributed by atoms with Crippen LogP contribution in [0.3, 0.4) is 0 Å². The zero-order valence-corrected chi connectivity index (χ0v) is 10.9. The first kappa shape index (κ1) is 12.6. The highest BCUT2D eigenvalue weighted by molar-refractivity contribution is 5.82. The molecule has 7 nitrogen and oxygen atoms in total. The van der Waals surface area contributed by atoms with E-state index in [-0.39, 0.29) is 17.4 Å². The number of rotatable bonds is 4. The van der Waals surface area contributed by atoms with E-state index in [2.05, 4.69) is 10.3 Å². The molecule has 0 unspecified atom stereocenters. The van der Waals surface area contributed by atoms with Gasteiger partial charge in [-0.25, -0.2) is 4.98 Å². The van der Waals surface area contributed by atoms with Crippen LogP contribution in [-0.2, 0) is 18.4 Å². The molecule has 1 N–H and O–H groups in total. The summed E-state index contributed by atoms with van der Waals surface area (Å²) < 4.78 is 1.91. The summed E-state index contributed by atoms with van der Waals surface area (Å²) in [5.74, 6) is -0.0173. The van der Waals surface area contributed by atoms with Crippen molar-refractivity contribution < 1.29 is 9.72 Å². The molecule has 0 spiro atoms. The molecule has 0 bridgehead atoms. The molecule has 1 aromatic heterocycles. The lowest BCUT2D eigenvalue weighted by molar-refractivity contribution is -0.497. The molecule has 2 atom stereocenters. The number of fused-ring (bicyclic) bond motifs is 1. The lowest BCUT2D eigenvalue weighted by atomic mass is 10.3. The van der Waals surface area contributed by atoms with Gasteiger partial charge in [0, 0.05) is 18.4 Å². The van der Waals surface area contributed by atoms with Crippen molar-refractivity contribution in [2.75, 3.05) is 0 Å². The summed E-state index contributed by atoms with van der Waals surface area (Å²) in [5.41, 5.74) is 1.86. The Kier molecular flexibility index (Phi) is 2.89. The van der Waals surface area contributed by atoms with Gasteiger partial charge in [0.1, 0.15) is 11.7 Å². The number of nitrogens with zero attached hydrogens (tertiary/aromatic N) is 3. The third kappa shape index (κ3) is 2.11. The van der Waals surface area contributed by atoms with Crippen molar-refractivity contribution in [2.45, 2.75) is 19.0 Å². The van der Waals surface area contributed by atoms with E-state index >= 15 is 0 Å². The number of imidazole rings is 1. The minimum Gasteiger partial charge on any atom is -0.348 e. The number of aryl methyl sites for hydroxylation is 1. The SMILES string of the molecule is Cn1c(CNC(=O)[C@@H]2C[C@H]2[N+](=O)[O-])nc2ccccc21. The molecule has 1 aliphatic rings. The molecular formula is C13H14N4O3. The van der Waals surface area contributed by atoms with Gasteiger partial charge in [-0.2, -0.15) is 0 Å². The van der Waals surface area contributed by atoms with Crippen molar-refractivity contribution in [2.24, 2.45) is 13.0 Å². The van der Waals surface area contributed by atoms with E-state index in [1.54, 1.807) is 0 Å². The predicted octanol–water partition coefficient (Wildman–Crippen LogP) is 0.855. The highest BCUT2D eigenvalue weighted by atomic mass is 16.6. The molecule has 0 aliphatic heterocycles. The molecule has 2 aromatic rings. The first-order chi connectivity index (χ1) is 9.58. The Morgan fingerprint density at radius 1 is 1.55 bits per heavy atom. The summed E-state index contributed by atoms with van der Waals surface area (Å²) in [7, 11) is 1.88. The number of hydrogen-bond acceptors (Lipinski definition) is 4. The number of carbonyl (C=O) groups excluding carboxylic acids is 1. The second kappa shape index (κ2) is 4.59. The van der Waals surface area contributed by atoms with Crippen molar-refractivity contribution in [3.8, 4) is 0 Å². The second-order valence-corrected chi connectivity index (χ2v) is 4.99. The highest BCUT2D eigenvalue weighted by Gasteiger charge is 2.53. The van der Waals surface area contributed by atoms with Crippen molar-refractivity contribution in [3.63, 3.8) is 0 Å². The lowest BCUT2D eigenvalue weighted by Crippen LogP contribution is -2.27. The van der Waals surface area contributed by atoms with E-state index in [9.17, 15) is 14.9 Å². The van der Waals surface area contributed by atoms with E-state index in [1.807, 2.05) is 35.9 Å². The molecule has 20 heavy (non-hydrogen) atoms. The summed E-state index contributed by atoms with van der Waals surface area (Å²) in [4.78, 5) is 26.3. The van der Waals surface area contributed by atoms with Crippen LogP contribution in [0.4, 0.5) is 0 Å². The van der Waals surface area contributed by atoms with E-state index in [1.165, 1.54) is 0 Å². The maximum Gasteiger partial charge on any atom is 0.230 e. The third-order valence-corrected chi connectivity index (χ3v) is 3.66. The van der Waals surface area contributed by atoms with E-state index < -0.39 is 12.0 Å². The Balaban J connectivity index is 1.67. The molecule has 104 valence electrons. The quantitative estimate of drug-likeness (QED) is 0.661. The molecule has 1 amide bonds. The smallest absolute Gasteiger partial charge is 0.230 e. The average Bonchev–Trinajstić information content (AvgIpc) is 3.18. The van der Waals surface area contributed by atoms with Gasteiger partial charge < -0.3 is 9.88 Å². The van der Waals surface area contributed by atoms with Gasteiger partial charge in [0.15, 0.2) is 0 Å². The van der Waals surface area contributed by atoms with Crippen LogP contribution in [0, 0.1) is 16.0 Å². The molecule has 3 rings (SSSR count). The molecular weight excluding hydrogens is 260 g/mol. The molecule has 1 aromatic carbocycles. The normalized spacial score (nSPS) is 20.9. The summed E-state index contributed by atoms with van der Waals surface area (Å²) >= 11 is 0. The Morgan fingerprint density at radius 3 is 2.95 bits per heavy atom. The van der Waals surface area contributed by atoms with Crippen LogP contribution in [0.25, 0.3) is 11.0 Å². The van der Waals surface area contributed by atoms with Gasteiger partial charge in [-0.15, -0.1) is 0 Å². The monoisotopic (exact) mass is 274 g/mol. The van der Waals surface area contributed by atoms with Crippen molar-refractivity contribution in [1.82, 2.24) is 14.9 Å². The van der Waals surface area contributed by atoms with Gasteiger partial charge in [-0.1, -0.05) is 12.1 Å². The number of amides is 1. The summed E-state index contributed by atoms with van der Waals surface area (Å²) in [6, 6.07) is 6.99. The van der Waals surface area contributed by atoms with Crippen molar-refractivity contribution >= 4 is 16.9 Å². The zero-order valence-electron chi connectivity index (χ0n) is 10.9.